The fourth-order valence-corrected chi connectivity index (χ4v) is 3.06. The molecule has 0 saturated carbocycles. The van der Waals surface area contributed by atoms with E-state index in [9.17, 15) is 18.4 Å². The molecule has 0 bridgehead atoms. The summed E-state index contributed by atoms with van der Waals surface area (Å²) >= 11 is 0. The Labute approximate surface area is 162 Å². The van der Waals surface area contributed by atoms with Crippen LogP contribution in [0.1, 0.15) is 64.0 Å². The maximum Gasteiger partial charge on any atom is 0.387 e. The van der Waals surface area contributed by atoms with Gasteiger partial charge in [0.05, 0.1) is 18.7 Å². The lowest BCUT2D eigenvalue weighted by Crippen LogP contribution is -2.28. The molecule has 0 radical (unpaired) electrons. The van der Waals surface area contributed by atoms with E-state index < -0.39 is 24.5 Å². The van der Waals surface area contributed by atoms with Gasteiger partial charge in [-0.05, 0) is 43.5 Å². The molecule has 2 N–H and O–H groups in total. The third-order valence-electron chi connectivity index (χ3n) is 4.34. The minimum Gasteiger partial charge on any atom is -0.465 e. The molecule has 1 atom stereocenters. The fraction of sp³-hybridized carbons (Fsp3) is 0.400. The highest BCUT2D eigenvalue weighted by molar-refractivity contribution is 6.00. The highest BCUT2D eigenvalue weighted by atomic mass is 19.3. The Balaban J connectivity index is 2.26. The number of rotatable bonds is 8. The van der Waals surface area contributed by atoms with Gasteiger partial charge in [-0.1, -0.05) is 25.5 Å². The Morgan fingerprint density at radius 3 is 2.61 bits per heavy atom. The van der Waals surface area contributed by atoms with Gasteiger partial charge in [0, 0.05) is 5.69 Å². The number of amides is 1. The van der Waals surface area contributed by atoms with Crippen LogP contribution in [0.25, 0.3) is 0 Å². The van der Waals surface area contributed by atoms with E-state index in [1.807, 2.05) is 6.92 Å². The zero-order valence-corrected chi connectivity index (χ0v) is 16.3. The quantitative estimate of drug-likeness (QED) is 0.659. The SMILES string of the molecule is CCCc1c(C(=O)NC(C)c2cccc(OC(F)F)c2)[nH]c(C)c1C(=O)OC. The minimum absolute atomic E-state index is 0.0176. The van der Waals surface area contributed by atoms with Crippen LogP contribution in [0.15, 0.2) is 24.3 Å². The predicted octanol–water partition coefficient (Wildman–Crippen LogP) is 4.15. The van der Waals surface area contributed by atoms with Crippen LogP contribution in [0.3, 0.4) is 0 Å². The van der Waals surface area contributed by atoms with Gasteiger partial charge < -0.3 is 19.8 Å². The molecule has 28 heavy (non-hydrogen) atoms. The molecule has 2 aromatic rings. The number of esters is 1. The summed E-state index contributed by atoms with van der Waals surface area (Å²) in [6.45, 7) is 2.46. The molecule has 8 heteroatoms. The second-order valence-corrected chi connectivity index (χ2v) is 6.37. The number of methoxy groups -OCH3 is 1. The van der Waals surface area contributed by atoms with Crippen molar-refractivity contribution in [1.82, 2.24) is 10.3 Å². The second-order valence-electron chi connectivity index (χ2n) is 6.37. The van der Waals surface area contributed by atoms with Gasteiger partial charge in [-0.3, -0.25) is 4.79 Å². The minimum atomic E-state index is -2.92. The lowest BCUT2D eigenvalue weighted by Gasteiger charge is -2.16. The first-order valence-electron chi connectivity index (χ1n) is 8.93. The Kier molecular flexibility index (Phi) is 7.14. The Bertz CT molecular complexity index is 849. The summed E-state index contributed by atoms with van der Waals surface area (Å²) < 4.78 is 34.0. The average Bonchev–Trinajstić information content (AvgIpc) is 2.97. The van der Waals surface area contributed by atoms with E-state index >= 15 is 0 Å². The maximum absolute atomic E-state index is 12.8. The van der Waals surface area contributed by atoms with E-state index in [0.717, 1.165) is 6.42 Å². The second kappa shape index (κ2) is 9.34. The van der Waals surface area contributed by atoms with Crippen molar-refractivity contribution in [2.45, 2.75) is 46.3 Å². The Morgan fingerprint density at radius 2 is 2.00 bits per heavy atom. The van der Waals surface area contributed by atoms with Crippen LogP contribution in [0, 0.1) is 6.92 Å². The summed E-state index contributed by atoms with van der Waals surface area (Å²) in [7, 11) is 1.29. The van der Waals surface area contributed by atoms with Crippen LogP contribution in [0.4, 0.5) is 8.78 Å². The molecule has 0 aliphatic rings. The first-order valence-corrected chi connectivity index (χ1v) is 8.93. The molecular formula is C20H24F2N2O4. The molecule has 6 nitrogen and oxygen atoms in total. The first kappa shape index (κ1) is 21.4. The van der Waals surface area contributed by atoms with Crippen molar-refractivity contribution < 1.29 is 27.8 Å². The first-order chi connectivity index (χ1) is 13.3. The van der Waals surface area contributed by atoms with E-state index in [1.165, 1.54) is 19.2 Å². The van der Waals surface area contributed by atoms with Crippen molar-refractivity contribution in [3.63, 3.8) is 0 Å². The number of nitrogens with one attached hydrogen (secondary N) is 2. The van der Waals surface area contributed by atoms with Crippen LogP contribution in [0.5, 0.6) is 5.75 Å². The molecule has 1 heterocycles. The molecule has 0 fully saturated rings. The third-order valence-corrected chi connectivity index (χ3v) is 4.34. The van der Waals surface area contributed by atoms with Gasteiger partial charge in [0.15, 0.2) is 0 Å². The van der Waals surface area contributed by atoms with Crippen LogP contribution in [-0.4, -0.2) is 30.6 Å². The normalized spacial score (nSPS) is 12.0. The number of aryl methyl sites for hydroxylation is 1. The van der Waals surface area contributed by atoms with E-state index in [2.05, 4.69) is 15.0 Å². The molecular weight excluding hydrogens is 370 g/mol. The van der Waals surface area contributed by atoms with Crippen molar-refractivity contribution in [3.8, 4) is 5.75 Å². The number of alkyl halides is 2. The summed E-state index contributed by atoms with van der Waals surface area (Å²) in [5.41, 5.74) is 2.44. The number of carbonyl (C=O) groups excluding carboxylic acids is 2. The summed E-state index contributed by atoms with van der Waals surface area (Å²) in [6, 6.07) is 5.68. The molecule has 1 unspecified atom stereocenters. The van der Waals surface area contributed by atoms with Crippen molar-refractivity contribution in [2.75, 3.05) is 7.11 Å². The molecule has 0 spiro atoms. The smallest absolute Gasteiger partial charge is 0.387 e. The van der Waals surface area contributed by atoms with Gasteiger partial charge >= 0.3 is 12.6 Å². The lowest BCUT2D eigenvalue weighted by molar-refractivity contribution is -0.0499. The summed E-state index contributed by atoms with van der Waals surface area (Å²) in [6.07, 6.45) is 1.27. The summed E-state index contributed by atoms with van der Waals surface area (Å²) in [5.74, 6) is -0.875. The highest BCUT2D eigenvalue weighted by Gasteiger charge is 2.25. The van der Waals surface area contributed by atoms with Crippen LogP contribution < -0.4 is 10.1 Å². The van der Waals surface area contributed by atoms with Crippen molar-refractivity contribution in [3.05, 3.63) is 52.3 Å². The monoisotopic (exact) mass is 394 g/mol. The summed E-state index contributed by atoms with van der Waals surface area (Å²) in [5, 5.41) is 2.82. The number of ether oxygens (including phenoxy) is 2. The Morgan fingerprint density at radius 1 is 1.29 bits per heavy atom. The molecule has 152 valence electrons. The van der Waals surface area contributed by atoms with E-state index in [4.69, 9.17) is 4.74 Å². The van der Waals surface area contributed by atoms with E-state index in [0.29, 0.717) is 34.5 Å². The number of carbonyl (C=O) groups is 2. The van der Waals surface area contributed by atoms with Crippen molar-refractivity contribution >= 4 is 11.9 Å². The molecule has 1 aromatic heterocycles. The number of hydrogen-bond donors (Lipinski definition) is 2. The molecule has 0 saturated heterocycles. The number of halogens is 2. The summed E-state index contributed by atoms with van der Waals surface area (Å²) in [4.78, 5) is 27.9. The topological polar surface area (TPSA) is 80.4 Å². The number of benzene rings is 1. The van der Waals surface area contributed by atoms with Crippen molar-refractivity contribution in [2.24, 2.45) is 0 Å². The molecule has 0 aliphatic heterocycles. The fourth-order valence-electron chi connectivity index (χ4n) is 3.06. The van der Waals surface area contributed by atoms with Crippen LogP contribution in [0.2, 0.25) is 0 Å². The number of aromatic amines is 1. The zero-order chi connectivity index (χ0) is 20.8. The number of hydrogen-bond acceptors (Lipinski definition) is 4. The van der Waals surface area contributed by atoms with Crippen molar-refractivity contribution in [1.29, 1.82) is 0 Å². The lowest BCUT2D eigenvalue weighted by atomic mass is 10.0. The molecule has 2 rings (SSSR count). The highest BCUT2D eigenvalue weighted by Crippen LogP contribution is 2.24. The number of aromatic nitrogens is 1. The molecule has 1 amide bonds. The zero-order valence-electron chi connectivity index (χ0n) is 16.3. The Hall–Kier alpha value is -2.90. The number of H-pyrrole nitrogens is 1. The molecule has 0 aliphatic carbocycles. The predicted molar refractivity (Wildman–Crippen MR) is 99.8 cm³/mol. The average molecular weight is 394 g/mol. The van der Waals surface area contributed by atoms with Crippen LogP contribution in [-0.2, 0) is 11.2 Å². The van der Waals surface area contributed by atoms with E-state index in [-0.39, 0.29) is 5.75 Å². The van der Waals surface area contributed by atoms with E-state index in [1.54, 1.807) is 26.0 Å². The third kappa shape index (κ3) is 4.88. The van der Waals surface area contributed by atoms with Crippen LogP contribution >= 0.6 is 0 Å². The standard InChI is InChI=1S/C20H24F2N2O4/c1-5-7-15-16(19(26)27-4)12(3)23-17(15)18(25)24-11(2)13-8-6-9-14(10-13)28-20(21)22/h6,8-11,20,23H,5,7H2,1-4H3,(H,24,25). The van der Waals surface area contributed by atoms with Gasteiger partial charge in [0.2, 0.25) is 0 Å². The van der Waals surface area contributed by atoms with Gasteiger partial charge in [0.1, 0.15) is 11.4 Å². The van der Waals surface area contributed by atoms with Gasteiger partial charge in [-0.2, -0.15) is 8.78 Å². The van der Waals surface area contributed by atoms with Gasteiger partial charge in [0.25, 0.3) is 5.91 Å². The van der Waals surface area contributed by atoms with Gasteiger partial charge in [-0.15, -0.1) is 0 Å². The maximum atomic E-state index is 12.8. The largest absolute Gasteiger partial charge is 0.465 e. The van der Waals surface area contributed by atoms with Gasteiger partial charge in [-0.25, -0.2) is 4.79 Å². The molecule has 1 aromatic carbocycles.